The zero-order chi connectivity index (χ0) is 19.1. The maximum absolute atomic E-state index is 12.5. The Labute approximate surface area is 163 Å². The van der Waals surface area contributed by atoms with Gasteiger partial charge in [-0.25, -0.2) is 8.42 Å². The van der Waals surface area contributed by atoms with Crippen molar-refractivity contribution in [3.05, 3.63) is 30.3 Å². The van der Waals surface area contributed by atoms with Crippen LogP contribution in [-0.2, 0) is 14.6 Å². The molecule has 1 amide bonds. The third kappa shape index (κ3) is 6.04. The minimum atomic E-state index is -3.19. The van der Waals surface area contributed by atoms with E-state index >= 15 is 0 Å². The summed E-state index contributed by atoms with van der Waals surface area (Å²) in [6.45, 7) is 4.02. The van der Waals surface area contributed by atoms with Crippen LogP contribution in [0.5, 0.6) is 0 Å². The number of amides is 1. The van der Waals surface area contributed by atoms with Crippen LogP contribution in [0.4, 0.5) is 0 Å². The van der Waals surface area contributed by atoms with Gasteiger partial charge in [-0.05, 0) is 43.9 Å². The average molecular weight is 393 g/mol. The number of nitrogens with zero attached hydrogens (tertiary/aromatic N) is 2. The van der Waals surface area contributed by atoms with Gasteiger partial charge in [0.1, 0.15) is 0 Å². The largest absolute Gasteiger partial charge is 0.340 e. The molecule has 0 N–H and O–H groups in total. The molecule has 5 nitrogen and oxygen atoms in total. The first-order valence-corrected chi connectivity index (χ1v) is 12.0. The Hall–Kier alpha value is -1.40. The molecule has 1 aliphatic carbocycles. The summed E-state index contributed by atoms with van der Waals surface area (Å²) >= 11 is 0. The molecular formula is C21H32N2O3S. The van der Waals surface area contributed by atoms with Gasteiger partial charge in [0.25, 0.3) is 0 Å². The summed E-state index contributed by atoms with van der Waals surface area (Å²) in [7, 11) is -3.19. The first-order chi connectivity index (χ1) is 13.0. The fourth-order valence-electron chi connectivity index (χ4n) is 4.21. The van der Waals surface area contributed by atoms with Crippen LogP contribution >= 0.6 is 0 Å². The highest BCUT2D eigenvalue weighted by molar-refractivity contribution is 7.91. The maximum atomic E-state index is 12.5. The Morgan fingerprint density at radius 2 is 1.63 bits per heavy atom. The van der Waals surface area contributed by atoms with E-state index in [1.807, 2.05) is 11.0 Å². The van der Waals surface area contributed by atoms with E-state index in [1.54, 1.807) is 24.3 Å². The fraction of sp³-hybridized carbons (Fsp3) is 0.667. The van der Waals surface area contributed by atoms with E-state index in [9.17, 15) is 13.2 Å². The van der Waals surface area contributed by atoms with E-state index < -0.39 is 9.84 Å². The third-order valence-electron chi connectivity index (χ3n) is 5.90. The summed E-state index contributed by atoms with van der Waals surface area (Å²) in [6.07, 6.45) is 7.64. The minimum Gasteiger partial charge on any atom is -0.340 e. The van der Waals surface area contributed by atoms with Gasteiger partial charge in [0.05, 0.1) is 10.6 Å². The Balaban J connectivity index is 1.36. The Bertz CT molecular complexity index is 691. The van der Waals surface area contributed by atoms with E-state index in [0.29, 0.717) is 23.1 Å². The van der Waals surface area contributed by atoms with Crippen molar-refractivity contribution in [2.45, 2.75) is 49.8 Å². The average Bonchev–Trinajstić information content (AvgIpc) is 2.70. The van der Waals surface area contributed by atoms with Gasteiger partial charge >= 0.3 is 0 Å². The van der Waals surface area contributed by atoms with E-state index in [-0.39, 0.29) is 5.75 Å². The topological polar surface area (TPSA) is 57.7 Å². The van der Waals surface area contributed by atoms with Crippen LogP contribution in [0.3, 0.4) is 0 Å². The van der Waals surface area contributed by atoms with Crippen LogP contribution < -0.4 is 0 Å². The van der Waals surface area contributed by atoms with Gasteiger partial charge in [-0.3, -0.25) is 9.69 Å². The van der Waals surface area contributed by atoms with Crippen molar-refractivity contribution in [3.63, 3.8) is 0 Å². The van der Waals surface area contributed by atoms with Crippen LogP contribution in [0, 0.1) is 5.92 Å². The van der Waals surface area contributed by atoms with Crippen LogP contribution in [0.1, 0.15) is 44.9 Å². The first kappa shape index (κ1) is 20.3. The molecular weight excluding hydrogens is 360 g/mol. The fourth-order valence-corrected chi connectivity index (χ4v) is 5.53. The first-order valence-electron chi connectivity index (χ1n) is 10.3. The number of hydrogen-bond donors (Lipinski definition) is 0. The molecule has 1 heterocycles. The molecule has 0 atom stereocenters. The zero-order valence-electron chi connectivity index (χ0n) is 16.2. The zero-order valence-corrected chi connectivity index (χ0v) is 17.0. The standard InChI is InChI=1S/C21H32N2O3S/c24-21(18-19-8-3-1-4-9-19)23-15-13-22(14-16-23)12-7-17-27(25,26)20-10-5-2-6-11-20/h2,5-6,10-11,19H,1,3-4,7-9,12-18H2. The molecule has 1 aliphatic heterocycles. The van der Waals surface area contributed by atoms with Crippen molar-refractivity contribution in [2.24, 2.45) is 5.92 Å². The second kappa shape index (κ2) is 9.69. The predicted molar refractivity (Wildman–Crippen MR) is 107 cm³/mol. The van der Waals surface area contributed by atoms with Crippen LogP contribution in [0.2, 0.25) is 0 Å². The van der Waals surface area contributed by atoms with Gasteiger partial charge < -0.3 is 4.90 Å². The number of carbonyl (C=O) groups is 1. The van der Waals surface area contributed by atoms with Crippen LogP contribution in [0.15, 0.2) is 35.2 Å². The molecule has 27 heavy (non-hydrogen) atoms. The Morgan fingerprint density at radius 1 is 0.963 bits per heavy atom. The number of hydrogen-bond acceptors (Lipinski definition) is 4. The molecule has 1 saturated heterocycles. The summed E-state index contributed by atoms with van der Waals surface area (Å²) in [5, 5.41) is 0. The van der Waals surface area contributed by atoms with E-state index in [2.05, 4.69) is 4.90 Å². The molecule has 2 aliphatic rings. The minimum absolute atomic E-state index is 0.178. The highest BCUT2D eigenvalue weighted by atomic mass is 32.2. The Morgan fingerprint density at radius 3 is 2.30 bits per heavy atom. The molecule has 0 spiro atoms. The number of piperazine rings is 1. The van der Waals surface area contributed by atoms with Gasteiger partial charge in [0.2, 0.25) is 5.91 Å². The lowest BCUT2D eigenvalue weighted by atomic mass is 9.86. The van der Waals surface area contributed by atoms with Crippen molar-refractivity contribution < 1.29 is 13.2 Å². The summed E-state index contributed by atoms with van der Waals surface area (Å²) in [6, 6.07) is 8.67. The summed E-state index contributed by atoms with van der Waals surface area (Å²) in [5.41, 5.74) is 0. The lowest BCUT2D eigenvalue weighted by Crippen LogP contribution is -2.49. The quantitative estimate of drug-likeness (QED) is 0.716. The molecule has 150 valence electrons. The summed E-state index contributed by atoms with van der Waals surface area (Å²) in [4.78, 5) is 17.2. The third-order valence-corrected chi connectivity index (χ3v) is 7.72. The molecule has 3 rings (SSSR count). The molecule has 2 fully saturated rings. The molecule has 0 bridgehead atoms. The summed E-state index contributed by atoms with van der Waals surface area (Å²) in [5.74, 6) is 1.08. The van der Waals surface area contributed by atoms with Gasteiger partial charge in [-0.2, -0.15) is 0 Å². The molecule has 1 aromatic carbocycles. The molecule has 0 radical (unpaired) electrons. The van der Waals surface area contributed by atoms with Crippen molar-refractivity contribution in [3.8, 4) is 0 Å². The molecule has 6 heteroatoms. The van der Waals surface area contributed by atoms with E-state index in [4.69, 9.17) is 0 Å². The van der Waals surface area contributed by atoms with E-state index in [1.165, 1.54) is 32.1 Å². The van der Waals surface area contributed by atoms with Crippen LogP contribution in [-0.4, -0.2) is 62.6 Å². The summed E-state index contributed by atoms with van der Waals surface area (Å²) < 4.78 is 24.7. The van der Waals surface area contributed by atoms with Crippen LogP contribution in [0.25, 0.3) is 0 Å². The highest BCUT2D eigenvalue weighted by Crippen LogP contribution is 2.27. The Kier molecular flexibility index (Phi) is 7.30. The van der Waals surface area contributed by atoms with Crippen molar-refractivity contribution >= 4 is 15.7 Å². The normalized spacial score (nSPS) is 19.9. The highest BCUT2D eigenvalue weighted by Gasteiger charge is 2.24. The smallest absolute Gasteiger partial charge is 0.222 e. The molecule has 1 saturated carbocycles. The van der Waals surface area contributed by atoms with Gasteiger partial charge in [-0.15, -0.1) is 0 Å². The van der Waals surface area contributed by atoms with Gasteiger partial charge in [-0.1, -0.05) is 37.5 Å². The number of rotatable bonds is 7. The van der Waals surface area contributed by atoms with Gasteiger partial charge in [0, 0.05) is 32.6 Å². The van der Waals surface area contributed by atoms with Crippen molar-refractivity contribution in [1.29, 1.82) is 0 Å². The van der Waals surface area contributed by atoms with Crippen molar-refractivity contribution in [1.82, 2.24) is 9.80 Å². The maximum Gasteiger partial charge on any atom is 0.222 e. The molecule has 0 unspecified atom stereocenters. The molecule has 1 aromatic rings. The lowest BCUT2D eigenvalue weighted by molar-refractivity contribution is -0.134. The predicted octanol–water partition coefficient (Wildman–Crippen LogP) is 2.97. The number of benzene rings is 1. The lowest BCUT2D eigenvalue weighted by Gasteiger charge is -2.35. The molecule has 0 aromatic heterocycles. The SMILES string of the molecule is O=C(CC1CCCCC1)N1CCN(CCCS(=O)(=O)c2ccccc2)CC1. The van der Waals surface area contributed by atoms with Crippen molar-refractivity contribution in [2.75, 3.05) is 38.5 Å². The van der Waals surface area contributed by atoms with Gasteiger partial charge in [0.15, 0.2) is 9.84 Å². The van der Waals surface area contributed by atoms with E-state index in [0.717, 1.165) is 39.1 Å². The second-order valence-corrected chi connectivity index (χ2v) is 10.0. The second-order valence-electron chi connectivity index (χ2n) is 7.92. The number of sulfone groups is 1. The monoisotopic (exact) mass is 392 g/mol. The number of carbonyl (C=O) groups excluding carboxylic acids is 1.